The number of hydrogen-bond acceptors (Lipinski definition) is 2. The predicted molar refractivity (Wildman–Crippen MR) is 123 cm³/mol. The SMILES string of the molecule is CC[C@H]1CCCC[C@@H]1N1Cc2cc(C)c(Cc3ccc(-n4cccn4)cc3)cc2C1=O. The molecule has 0 radical (unpaired) electrons. The maximum absolute atomic E-state index is 13.4. The Morgan fingerprint density at radius 1 is 1.10 bits per heavy atom. The number of amides is 1. The van der Waals surface area contributed by atoms with Crippen LogP contribution in [-0.2, 0) is 13.0 Å². The Kier molecular flexibility index (Phi) is 5.39. The lowest BCUT2D eigenvalue weighted by Crippen LogP contribution is -2.42. The van der Waals surface area contributed by atoms with Crippen LogP contribution in [0.15, 0.2) is 54.9 Å². The van der Waals surface area contributed by atoms with Crippen LogP contribution >= 0.6 is 0 Å². The van der Waals surface area contributed by atoms with E-state index >= 15 is 0 Å². The van der Waals surface area contributed by atoms with Gasteiger partial charge in [0.1, 0.15) is 0 Å². The van der Waals surface area contributed by atoms with E-state index in [0.717, 1.165) is 30.6 Å². The summed E-state index contributed by atoms with van der Waals surface area (Å²) in [6.07, 6.45) is 10.7. The molecule has 0 bridgehead atoms. The van der Waals surface area contributed by atoms with E-state index in [9.17, 15) is 4.79 Å². The van der Waals surface area contributed by atoms with Crippen molar-refractivity contribution in [1.29, 1.82) is 0 Å². The molecular formula is C27H31N3O. The monoisotopic (exact) mass is 413 g/mol. The van der Waals surface area contributed by atoms with Crippen molar-refractivity contribution in [3.63, 3.8) is 0 Å². The molecule has 1 amide bonds. The second kappa shape index (κ2) is 8.33. The fourth-order valence-electron chi connectivity index (χ4n) is 5.49. The predicted octanol–water partition coefficient (Wildman–Crippen LogP) is 5.70. The summed E-state index contributed by atoms with van der Waals surface area (Å²) >= 11 is 0. The molecule has 5 rings (SSSR count). The minimum Gasteiger partial charge on any atom is -0.331 e. The van der Waals surface area contributed by atoms with Crippen molar-refractivity contribution in [3.05, 3.63) is 82.7 Å². The Morgan fingerprint density at radius 3 is 2.65 bits per heavy atom. The van der Waals surface area contributed by atoms with Crippen LogP contribution in [0.3, 0.4) is 0 Å². The summed E-state index contributed by atoms with van der Waals surface area (Å²) in [6.45, 7) is 5.24. The van der Waals surface area contributed by atoms with E-state index in [1.165, 1.54) is 47.9 Å². The molecule has 3 aromatic rings. The van der Waals surface area contributed by atoms with Gasteiger partial charge in [-0.05, 0) is 78.6 Å². The fourth-order valence-corrected chi connectivity index (χ4v) is 5.49. The quantitative estimate of drug-likeness (QED) is 0.538. The third-order valence-electron chi connectivity index (χ3n) is 7.29. The standard InChI is InChI=1S/C27H31N3O/c1-3-21-7-4-5-8-26(21)29-18-23-15-19(2)22(17-25(23)27(29)31)16-20-9-11-24(12-10-20)30-14-6-13-28-30/h6,9-15,17,21,26H,3-5,7-8,16,18H2,1-2H3/t21-,26-/m0/s1. The molecule has 0 N–H and O–H groups in total. The van der Waals surface area contributed by atoms with E-state index in [4.69, 9.17) is 0 Å². The normalized spacial score (nSPS) is 20.8. The molecule has 2 atom stereocenters. The summed E-state index contributed by atoms with van der Waals surface area (Å²) in [5.74, 6) is 0.900. The number of nitrogens with zero attached hydrogens (tertiary/aromatic N) is 3. The summed E-state index contributed by atoms with van der Waals surface area (Å²) in [7, 11) is 0. The molecule has 2 aliphatic rings. The zero-order chi connectivity index (χ0) is 21.4. The molecule has 1 aliphatic carbocycles. The van der Waals surface area contributed by atoms with Crippen molar-refractivity contribution in [3.8, 4) is 5.69 Å². The highest BCUT2D eigenvalue weighted by molar-refractivity contribution is 5.99. The molecule has 31 heavy (non-hydrogen) atoms. The molecule has 160 valence electrons. The molecule has 1 aromatic heterocycles. The minimum atomic E-state index is 0.246. The van der Waals surface area contributed by atoms with E-state index in [1.54, 1.807) is 6.20 Å². The smallest absolute Gasteiger partial charge is 0.254 e. The second-order valence-corrected chi connectivity index (χ2v) is 9.18. The fraction of sp³-hybridized carbons (Fsp3) is 0.407. The molecule has 1 fully saturated rings. The van der Waals surface area contributed by atoms with Gasteiger partial charge in [0.25, 0.3) is 5.91 Å². The highest BCUT2D eigenvalue weighted by Gasteiger charge is 2.37. The molecule has 0 spiro atoms. The van der Waals surface area contributed by atoms with Crippen LogP contribution < -0.4 is 0 Å². The van der Waals surface area contributed by atoms with Crippen LogP contribution in [-0.4, -0.2) is 26.6 Å². The minimum absolute atomic E-state index is 0.246. The number of carbonyl (C=O) groups is 1. The summed E-state index contributed by atoms with van der Waals surface area (Å²) < 4.78 is 1.87. The highest BCUT2D eigenvalue weighted by atomic mass is 16.2. The van der Waals surface area contributed by atoms with Crippen LogP contribution in [0.2, 0.25) is 0 Å². The first kappa shape index (κ1) is 20.0. The lowest BCUT2D eigenvalue weighted by molar-refractivity contribution is 0.0554. The topological polar surface area (TPSA) is 38.1 Å². The number of hydrogen-bond donors (Lipinski definition) is 0. The van der Waals surface area contributed by atoms with Gasteiger partial charge in [-0.3, -0.25) is 4.79 Å². The van der Waals surface area contributed by atoms with Gasteiger partial charge in [0.05, 0.1) is 5.69 Å². The van der Waals surface area contributed by atoms with E-state index in [-0.39, 0.29) is 5.91 Å². The Balaban J connectivity index is 1.36. The molecule has 0 unspecified atom stereocenters. The molecule has 0 saturated heterocycles. The van der Waals surface area contributed by atoms with E-state index in [0.29, 0.717) is 12.0 Å². The largest absolute Gasteiger partial charge is 0.331 e. The number of carbonyl (C=O) groups excluding carboxylic acids is 1. The van der Waals surface area contributed by atoms with Crippen LogP contribution in [0.5, 0.6) is 0 Å². The lowest BCUT2D eigenvalue weighted by Gasteiger charge is -2.37. The van der Waals surface area contributed by atoms with Crippen LogP contribution in [0.4, 0.5) is 0 Å². The van der Waals surface area contributed by atoms with E-state index in [1.807, 2.05) is 16.9 Å². The second-order valence-electron chi connectivity index (χ2n) is 9.18. The maximum Gasteiger partial charge on any atom is 0.254 e. The van der Waals surface area contributed by atoms with Crippen LogP contribution in [0.1, 0.15) is 71.6 Å². The number of fused-ring (bicyclic) bond motifs is 1. The van der Waals surface area contributed by atoms with Gasteiger partial charge in [0.15, 0.2) is 0 Å². The van der Waals surface area contributed by atoms with Crippen molar-refractivity contribution < 1.29 is 4.79 Å². The zero-order valence-corrected chi connectivity index (χ0v) is 18.6. The Bertz CT molecular complexity index is 1070. The van der Waals surface area contributed by atoms with Gasteiger partial charge in [0.2, 0.25) is 0 Å². The number of aromatic nitrogens is 2. The van der Waals surface area contributed by atoms with Gasteiger partial charge in [-0.15, -0.1) is 0 Å². The number of aryl methyl sites for hydroxylation is 1. The summed E-state index contributed by atoms with van der Waals surface area (Å²) in [6, 6.07) is 15.3. The van der Waals surface area contributed by atoms with Crippen molar-refractivity contribution >= 4 is 5.91 Å². The molecule has 1 aliphatic heterocycles. The molecule has 2 heterocycles. The number of benzene rings is 2. The van der Waals surface area contributed by atoms with Crippen molar-refractivity contribution in [1.82, 2.24) is 14.7 Å². The molecular weight excluding hydrogens is 382 g/mol. The molecule has 1 saturated carbocycles. The van der Waals surface area contributed by atoms with Gasteiger partial charge in [-0.25, -0.2) is 4.68 Å². The van der Waals surface area contributed by atoms with E-state index < -0.39 is 0 Å². The summed E-state index contributed by atoms with van der Waals surface area (Å²) in [5, 5.41) is 4.29. The van der Waals surface area contributed by atoms with Gasteiger partial charge in [-0.2, -0.15) is 5.10 Å². The lowest BCUT2D eigenvalue weighted by atomic mass is 9.82. The van der Waals surface area contributed by atoms with Gasteiger partial charge in [0, 0.05) is 30.5 Å². The van der Waals surface area contributed by atoms with Crippen molar-refractivity contribution in [2.75, 3.05) is 0 Å². The third kappa shape index (κ3) is 3.80. The summed E-state index contributed by atoms with van der Waals surface area (Å²) in [4.78, 5) is 15.5. The average molecular weight is 414 g/mol. The Hall–Kier alpha value is -2.88. The molecule has 4 nitrogen and oxygen atoms in total. The molecule has 4 heteroatoms. The zero-order valence-electron chi connectivity index (χ0n) is 18.6. The van der Waals surface area contributed by atoms with Crippen LogP contribution in [0, 0.1) is 12.8 Å². The average Bonchev–Trinajstić information content (AvgIpc) is 3.43. The van der Waals surface area contributed by atoms with Crippen LogP contribution in [0.25, 0.3) is 5.69 Å². The number of rotatable bonds is 5. The Morgan fingerprint density at radius 2 is 1.90 bits per heavy atom. The first-order valence-corrected chi connectivity index (χ1v) is 11.7. The third-order valence-corrected chi connectivity index (χ3v) is 7.29. The first-order valence-electron chi connectivity index (χ1n) is 11.7. The Labute approximate surface area is 184 Å². The van der Waals surface area contributed by atoms with Crippen molar-refractivity contribution in [2.24, 2.45) is 5.92 Å². The van der Waals surface area contributed by atoms with Gasteiger partial charge >= 0.3 is 0 Å². The summed E-state index contributed by atoms with van der Waals surface area (Å²) in [5.41, 5.74) is 6.97. The first-order chi connectivity index (χ1) is 15.1. The van der Waals surface area contributed by atoms with Gasteiger partial charge in [-0.1, -0.05) is 44.4 Å². The van der Waals surface area contributed by atoms with Gasteiger partial charge < -0.3 is 4.90 Å². The van der Waals surface area contributed by atoms with E-state index in [2.05, 4.69) is 60.2 Å². The maximum atomic E-state index is 13.4. The molecule has 2 aromatic carbocycles. The highest BCUT2D eigenvalue weighted by Crippen LogP contribution is 2.36. The van der Waals surface area contributed by atoms with Crippen molar-refractivity contribution in [2.45, 2.75) is 65.0 Å².